The highest BCUT2D eigenvalue weighted by Crippen LogP contribution is 2.24. The van der Waals surface area contributed by atoms with Gasteiger partial charge in [-0.2, -0.15) is 5.10 Å². The zero-order chi connectivity index (χ0) is 15.6. The molecule has 0 aliphatic heterocycles. The number of carboxylic acids is 1. The van der Waals surface area contributed by atoms with E-state index in [-0.39, 0.29) is 18.8 Å². The molecule has 0 radical (unpaired) electrons. The van der Waals surface area contributed by atoms with E-state index in [9.17, 15) is 9.90 Å². The Balaban J connectivity index is 2.44. The Kier molecular flexibility index (Phi) is 4.88. The van der Waals surface area contributed by atoms with E-state index in [4.69, 9.17) is 28.3 Å². The quantitative estimate of drug-likeness (QED) is 0.884. The second-order valence-electron chi connectivity index (χ2n) is 4.62. The van der Waals surface area contributed by atoms with Gasteiger partial charge in [-0.25, -0.2) is 4.79 Å². The summed E-state index contributed by atoms with van der Waals surface area (Å²) in [6, 6.07) is 5.09. The number of rotatable bonds is 5. The van der Waals surface area contributed by atoms with Crippen molar-refractivity contribution in [2.45, 2.75) is 19.9 Å². The van der Waals surface area contributed by atoms with Crippen molar-refractivity contribution >= 4 is 29.2 Å². The predicted octanol–water partition coefficient (Wildman–Crippen LogP) is 2.78. The minimum absolute atomic E-state index is 0.0166. The van der Waals surface area contributed by atoms with E-state index in [0.717, 1.165) is 5.56 Å². The van der Waals surface area contributed by atoms with Crippen LogP contribution in [0, 0.1) is 6.92 Å². The van der Waals surface area contributed by atoms with Gasteiger partial charge in [-0.1, -0.05) is 23.2 Å². The molecular formula is C14H14Cl2N2O3. The van der Waals surface area contributed by atoms with Gasteiger partial charge < -0.3 is 10.2 Å². The SMILES string of the molecule is Cc1c(Cc2cc(Cl)cc(Cl)c2)c(C(=O)O)nn1CCO. The number of hydrogen-bond acceptors (Lipinski definition) is 3. The first kappa shape index (κ1) is 15.8. The second-order valence-corrected chi connectivity index (χ2v) is 5.49. The molecule has 0 aliphatic carbocycles. The van der Waals surface area contributed by atoms with Gasteiger partial charge in [-0.3, -0.25) is 4.68 Å². The Morgan fingerprint density at radius 2 is 1.90 bits per heavy atom. The van der Waals surface area contributed by atoms with E-state index in [1.165, 1.54) is 4.68 Å². The fourth-order valence-electron chi connectivity index (χ4n) is 2.20. The van der Waals surface area contributed by atoms with Crippen molar-refractivity contribution in [3.05, 3.63) is 50.8 Å². The van der Waals surface area contributed by atoms with Crippen LogP contribution in [-0.4, -0.2) is 32.6 Å². The third-order valence-electron chi connectivity index (χ3n) is 3.15. The van der Waals surface area contributed by atoms with Crippen LogP contribution in [0.5, 0.6) is 0 Å². The van der Waals surface area contributed by atoms with Crippen LogP contribution in [0.15, 0.2) is 18.2 Å². The van der Waals surface area contributed by atoms with Gasteiger partial charge in [0.25, 0.3) is 0 Å². The van der Waals surface area contributed by atoms with Crippen LogP contribution in [0.25, 0.3) is 0 Å². The molecule has 0 aliphatic rings. The molecule has 1 heterocycles. The Labute approximate surface area is 131 Å². The molecule has 2 rings (SSSR count). The number of benzene rings is 1. The lowest BCUT2D eigenvalue weighted by molar-refractivity contribution is 0.0688. The third-order valence-corrected chi connectivity index (χ3v) is 3.58. The summed E-state index contributed by atoms with van der Waals surface area (Å²) in [6.45, 7) is 1.92. The molecule has 0 spiro atoms. The molecule has 0 saturated heterocycles. The number of aromatic carboxylic acids is 1. The summed E-state index contributed by atoms with van der Waals surface area (Å²) >= 11 is 11.9. The molecule has 0 saturated carbocycles. The molecule has 2 aromatic rings. The van der Waals surface area contributed by atoms with Gasteiger partial charge in [0, 0.05) is 27.7 Å². The van der Waals surface area contributed by atoms with E-state index >= 15 is 0 Å². The number of carbonyl (C=O) groups is 1. The number of aliphatic hydroxyl groups is 1. The maximum Gasteiger partial charge on any atom is 0.356 e. The van der Waals surface area contributed by atoms with Crippen molar-refractivity contribution in [1.29, 1.82) is 0 Å². The highest BCUT2D eigenvalue weighted by atomic mass is 35.5. The largest absolute Gasteiger partial charge is 0.476 e. The molecule has 112 valence electrons. The van der Waals surface area contributed by atoms with E-state index < -0.39 is 5.97 Å². The van der Waals surface area contributed by atoms with Crippen LogP contribution in [0.2, 0.25) is 10.0 Å². The van der Waals surface area contributed by atoms with Gasteiger partial charge in [0.1, 0.15) is 0 Å². The smallest absolute Gasteiger partial charge is 0.356 e. The first-order valence-electron chi connectivity index (χ1n) is 6.27. The first-order valence-corrected chi connectivity index (χ1v) is 7.03. The first-order chi connectivity index (χ1) is 9.92. The minimum Gasteiger partial charge on any atom is -0.476 e. The number of aromatic nitrogens is 2. The van der Waals surface area contributed by atoms with Gasteiger partial charge in [-0.05, 0) is 30.7 Å². The minimum atomic E-state index is -1.10. The second kappa shape index (κ2) is 6.47. The number of carboxylic acid groups (broad SMARTS) is 1. The van der Waals surface area contributed by atoms with Crippen LogP contribution in [0.1, 0.15) is 27.3 Å². The summed E-state index contributed by atoms with van der Waals surface area (Å²) in [6.07, 6.45) is 0.360. The highest BCUT2D eigenvalue weighted by Gasteiger charge is 2.20. The third kappa shape index (κ3) is 3.56. The Morgan fingerprint density at radius 1 is 1.29 bits per heavy atom. The van der Waals surface area contributed by atoms with Gasteiger partial charge >= 0.3 is 5.97 Å². The van der Waals surface area contributed by atoms with Gasteiger partial charge in [0.2, 0.25) is 0 Å². The fraction of sp³-hybridized carbons (Fsp3) is 0.286. The molecule has 0 fully saturated rings. The number of halogens is 2. The van der Waals surface area contributed by atoms with Gasteiger partial charge in [0.05, 0.1) is 13.2 Å². The molecule has 0 bridgehead atoms. The van der Waals surface area contributed by atoms with Crippen LogP contribution in [0.3, 0.4) is 0 Å². The summed E-state index contributed by atoms with van der Waals surface area (Å²) in [5.41, 5.74) is 2.09. The maximum absolute atomic E-state index is 11.3. The zero-order valence-electron chi connectivity index (χ0n) is 11.3. The monoisotopic (exact) mass is 328 g/mol. The van der Waals surface area contributed by atoms with Gasteiger partial charge in [-0.15, -0.1) is 0 Å². The molecule has 0 unspecified atom stereocenters. The van der Waals surface area contributed by atoms with Crippen molar-refractivity contribution in [1.82, 2.24) is 9.78 Å². The summed E-state index contributed by atoms with van der Waals surface area (Å²) in [7, 11) is 0. The summed E-state index contributed by atoms with van der Waals surface area (Å²) < 4.78 is 1.49. The van der Waals surface area contributed by atoms with E-state index in [1.807, 2.05) is 0 Å². The molecular weight excluding hydrogens is 315 g/mol. The Hall–Kier alpha value is -1.56. The summed E-state index contributed by atoms with van der Waals surface area (Å²) in [4.78, 5) is 11.3. The molecule has 5 nitrogen and oxygen atoms in total. The molecule has 21 heavy (non-hydrogen) atoms. The van der Waals surface area contributed by atoms with Crippen LogP contribution >= 0.6 is 23.2 Å². The average molecular weight is 329 g/mol. The predicted molar refractivity (Wildman–Crippen MR) is 80.3 cm³/mol. The topological polar surface area (TPSA) is 75.3 Å². The normalized spacial score (nSPS) is 10.9. The number of nitrogens with zero attached hydrogens (tertiary/aromatic N) is 2. The number of hydrogen-bond donors (Lipinski definition) is 2. The highest BCUT2D eigenvalue weighted by molar-refractivity contribution is 6.34. The van der Waals surface area contributed by atoms with E-state index in [2.05, 4.69) is 5.10 Å². The Bertz CT molecular complexity index is 663. The summed E-state index contributed by atoms with van der Waals surface area (Å²) in [5, 5.41) is 23.3. The standard InChI is InChI=1S/C14H14Cl2N2O3/c1-8-12(6-9-4-10(15)7-11(16)5-9)13(14(20)21)17-18(8)2-3-19/h4-5,7,19H,2-3,6H2,1H3,(H,20,21). The van der Waals surface area contributed by atoms with E-state index in [0.29, 0.717) is 27.7 Å². The van der Waals surface area contributed by atoms with Crippen LogP contribution < -0.4 is 0 Å². The van der Waals surface area contributed by atoms with Gasteiger partial charge in [0.15, 0.2) is 5.69 Å². The van der Waals surface area contributed by atoms with Crippen molar-refractivity contribution < 1.29 is 15.0 Å². The fourth-order valence-corrected chi connectivity index (χ4v) is 2.77. The Morgan fingerprint density at radius 3 is 2.43 bits per heavy atom. The van der Waals surface area contributed by atoms with Crippen molar-refractivity contribution in [2.24, 2.45) is 0 Å². The lowest BCUT2D eigenvalue weighted by Gasteiger charge is -2.05. The lowest BCUT2D eigenvalue weighted by Crippen LogP contribution is -2.07. The van der Waals surface area contributed by atoms with Crippen LogP contribution in [0.4, 0.5) is 0 Å². The zero-order valence-corrected chi connectivity index (χ0v) is 12.8. The average Bonchev–Trinajstić information content (AvgIpc) is 2.67. The summed E-state index contributed by atoms with van der Waals surface area (Å²) in [5.74, 6) is -1.10. The molecule has 0 atom stereocenters. The van der Waals surface area contributed by atoms with Crippen molar-refractivity contribution in [3.8, 4) is 0 Å². The van der Waals surface area contributed by atoms with E-state index in [1.54, 1.807) is 25.1 Å². The van der Waals surface area contributed by atoms with Crippen molar-refractivity contribution in [2.75, 3.05) is 6.61 Å². The molecule has 0 amide bonds. The number of aliphatic hydroxyl groups excluding tert-OH is 1. The molecule has 1 aromatic heterocycles. The molecule has 7 heteroatoms. The van der Waals surface area contributed by atoms with Crippen LogP contribution in [-0.2, 0) is 13.0 Å². The molecule has 2 N–H and O–H groups in total. The molecule has 1 aromatic carbocycles. The maximum atomic E-state index is 11.3. The lowest BCUT2D eigenvalue weighted by atomic mass is 10.0. The van der Waals surface area contributed by atoms with Crippen molar-refractivity contribution in [3.63, 3.8) is 0 Å².